The molecule has 0 aliphatic carbocycles. The zero-order chi connectivity index (χ0) is 28.7. The fraction of sp³-hybridized carbons (Fsp3) is 0.500. The third-order valence-corrected chi connectivity index (χ3v) is 31.1. The van der Waals surface area contributed by atoms with Crippen molar-refractivity contribution in [2.75, 3.05) is 0 Å². The molecule has 0 aliphatic heterocycles. The normalized spacial score (nSPS) is 11.8. The van der Waals surface area contributed by atoms with Crippen molar-refractivity contribution in [2.24, 2.45) is 0 Å². The van der Waals surface area contributed by atoms with E-state index in [-0.39, 0.29) is 0 Å². The predicted molar refractivity (Wildman–Crippen MR) is 191 cm³/mol. The SMILES string of the molecule is CCC[As](CCC)c1cccc([As](c2cccc([As](CCC)CCC)c2)c2cccc([As](CCC)CCC)c2)c1. The van der Waals surface area contributed by atoms with E-state index < -0.39 is 58.6 Å². The zero-order valence-corrected chi connectivity index (χ0v) is 33.7. The van der Waals surface area contributed by atoms with E-state index in [1.807, 2.05) is 0 Å². The van der Waals surface area contributed by atoms with Gasteiger partial charge in [-0.05, 0) is 0 Å². The Morgan fingerprint density at radius 1 is 0.350 bits per heavy atom. The molecule has 0 spiro atoms. The summed E-state index contributed by atoms with van der Waals surface area (Å²) in [5.74, 6) is 0. The van der Waals surface area contributed by atoms with Gasteiger partial charge in [0.2, 0.25) is 0 Å². The minimum atomic E-state index is -1.66. The molecule has 0 atom stereocenters. The van der Waals surface area contributed by atoms with Crippen LogP contribution in [-0.4, -0.2) is 58.6 Å². The number of hydrogen-bond acceptors (Lipinski definition) is 0. The third-order valence-electron chi connectivity index (χ3n) is 7.32. The molecular weight excluding hydrogens is 732 g/mol. The van der Waals surface area contributed by atoms with Crippen LogP contribution in [0, 0.1) is 0 Å². The van der Waals surface area contributed by atoms with Crippen molar-refractivity contribution in [1.82, 2.24) is 0 Å². The van der Waals surface area contributed by atoms with Crippen molar-refractivity contribution >= 4 is 84.7 Å². The first-order valence-corrected chi connectivity index (χ1v) is 29.5. The monoisotopic (exact) mass is 786 g/mol. The predicted octanol–water partition coefficient (Wildman–Crippen LogP) is 6.77. The Morgan fingerprint density at radius 2 is 0.575 bits per heavy atom. The number of hydrogen-bond donors (Lipinski definition) is 0. The minimum absolute atomic E-state index is 0.981. The molecule has 3 aromatic carbocycles. The van der Waals surface area contributed by atoms with Gasteiger partial charge in [-0.1, -0.05) is 0 Å². The van der Waals surface area contributed by atoms with Crippen LogP contribution in [0.2, 0.25) is 31.3 Å². The molecule has 0 aromatic heterocycles. The van der Waals surface area contributed by atoms with E-state index in [1.54, 1.807) is 26.1 Å². The van der Waals surface area contributed by atoms with Gasteiger partial charge in [0.15, 0.2) is 0 Å². The Balaban J connectivity index is 2.16. The average molecular weight is 787 g/mol. The van der Waals surface area contributed by atoms with Crippen LogP contribution < -0.4 is 26.1 Å². The Kier molecular flexibility index (Phi) is 16.5. The van der Waals surface area contributed by atoms with Crippen molar-refractivity contribution in [1.29, 1.82) is 0 Å². The number of benzene rings is 3. The molecule has 4 heteroatoms. The summed E-state index contributed by atoms with van der Waals surface area (Å²) in [6.45, 7) is 14.3. The van der Waals surface area contributed by atoms with Crippen molar-refractivity contribution in [3.8, 4) is 0 Å². The molecule has 0 fully saturated rings. The summed E-state index contributed by atoms with van der Waals surface area (Å²) in [5.41, 5.74) is 0. The van der Waals surface area contributed by atoms with Crippen LogP contribution in [0.1, 0.15) is 80.1 Å². The van der Waals surface area contributed by atoms with E-state index in [0.717, 1.165) is 0 Å². The summed E-state index contributed by atoms with van der Waals surface area (Å²) in [4.78, 5) is 0. The Labute approximate surface area is 266 Å². The Hall–Kier alpha value is -0.106. The second kappa shape index (κ2) is 19.2. The molecule has 0 heterocycles. The molecule has 0 amide bonds. The summed E-state index contributed by atoms with van der Waals surface area (Å²) >= 11 is -4.61. The molecule has 0 bridgehead atoms. The van der Waals surface area contributed by atoms with E-state index in [2.05, 4.69) is 114 Å². The zero-order valence-electron chi connectivity index (χ0n) is 26.2. The Morgan fingerprint density at radius 3 is 0.800 bits per heavy atom. The van der Waals surface area contributed by atoms with E-state index in [9.17, 15) is 0 Å². The summed E-state index contributed by atoms with van der Waals surface area (Å²) < 4.78 is 10.2. The van der Waals surface area contributed by atoms with Crippen LogP contribution in [0.15, 0.2) is 72.8 Å². The molecule has 0 unspecified atom stereocenters. The average Bonchev–Trinajstić information content (AvgIpc) is 2.97. The van der Waals surface area contributed by atoms with E-state index in [4.69, 9.17) is 0 Å². The molecule has 3 rings (SSSR count). The fourth-order valence-electron chi connectivity index (χ4n) is 5.66. The van der Waals surface area contributed by atoms with E-state index in [1.165, 1.54) is 69.8 Å². The summed E-state index contributed by atoms with van der Waals surface area (Å²) in [6, 6.07) is 30.4. The van der Waals surface area contributed by atoms with Gasteiger partial charge in [-0.25, -0.2) is 0 Å². The molecule has 0 saturated carbocycles. The molecule has 0 saturated heterocycles. The molecule has 3 aromatic rings. The van der Waals surface area contributed by atoms with Gasteiger partial charge >= 0.3 is 269 Å². The standard InChI is InChI=1S/C36H54As4/c1-7-22-37(23-8-2)31-16-13-19-34(28-31)40(35-20-14-17-32(29-35)38(24-9-3)25-10-4)36-21-15-18-33(30-36)39(26-11-5)27-12-6/h13-21,28-30H,7-12,22-27H2,1-6H3. The van der Waals surface area contributed by atoms with Gasteiger partial charge in [0.1, 0.15) is 0 Å². The summed E-state index contributed by atoms with van der Waals surface area (Å²) in [6.07, 6.45) is 7.99. The van der Waals surface area contributed by atoms with Crippen molar-refractivity contribution < 1.29 is 0 Å². The van der Waals surface area contributed by atoms with Crippen LogP contribution in [0.3, 0.4) is 0 Å². The maximum absolute atomic E-state index is 2.71. The summed E-state index contributed by atoms with van der Waals surface area (Å²) in [7, 11) is 0. The maximum atomic E-state index is 2.71. The van der Waals surface area contributed by atoms with Crippen LogP contribution in [0.25, 0.3) is 0 Å². The first kappa shape index (κ1) is 34.4. The van der Waals surface area contributed by atoms with E-state index in [0.29, 0.717) is 0 Å². The van der Waals surface area contributed by atoms with Gasteiger partial charge in [-0.15, -0.1) is 0 Å². The van der Waals surface area contributed by atoms with E-state index >= 15 is 0 Å². The van der Waals surface area contributed by atoms with Gasteiger partial charge in [-0.2, -0.15) is 0 Å². The Bertz CT molecular complexity index is 968. The second-order valence-corrected chi connectivity index (χ2v) is 31.2. The van der Waals surface area contributed by atoms with Crippen molar-refractivity contribution in [3.05, 3.63) is 72.8 Å². The summed E-state index contributed by atoms with van der Waals surface area (Å²) in [5, 5.41) is 8.70. The second-order valence-electron chi connectivity index (χ2n) is 10.9. The molecule has 0 radical (unpaired) electrons. The fourth-order valence-corrected chi connectivity index (χ4v) is 27.5. The first-order chi connectivity index (χ1) is 19.6. The first-order valence-electron chi connectivity index (χ1n) is 15.9. The van der Waals surface area contributed by atoms with Gasteiger partial charge in [0.25, 0.3) is 0 Å². The van der Waals surface area contributed by atoms with Crippen LogP contribution in [0.4, 0.5) is 0 Å². The van der Waals surface area contributed by atoms with Crippen LogP contribution >= 0.6 is 0 Å². The third kappa shape index (κ3) is 9.98. The van der Waals surface area contributed by atoms with Gasteiger partial charge in [0.05, 0.1) is 0 Å². The molecule has 40 heavy (non-hydrogen) atoms. The number of rotatable bonds is 18. The van der Waals surface area contributed by atoms with Crippen molar-refractivity contribution in [2.45, 2.75) is 111 Å². The molecule has 218 valence electrons. The van der Waals surface area contributed by atoms with Gasteiger partial charge in [-0.3, -0.25) is 0 Å². The molecule has 0 nitrogen and oxygen atoms in total. The van der Waals surface area contributed by atoms with Gasteiger partial charge in [0, 0.05) is 0 Å². The van der Waals surface area contributed by atoms with Gasteiger partial charge < -0.3 is 0 Å². The topological polar surface area (TPSA) is 0 Å². The quantitative estimate of drug-likeness (QED) is 0.125. The molecule has 0 aliphatic rings. The van der Waals surface area contributed by atoms with Crippen LogP contribution in [-0.2, 0) is 0 Å². The van der Waals surface area contributed by atoms with Crippen LogP contribution in [0.5, 0.6) is 0 Å². The molecular formula is C36H54As4. The van der Waals surface area contributed by atoms with Crippen molar-refractivity contribution in [3.63, 3.8) is 0 Å². The molecule has 0 N–H and O–H groups in total.